The van der Waals surface area contributed by atoms with Crippen LogP contribution in [0.4, 0.5) is 0 Å². The molecule has 0 heterocycles. The first kappa shape index (κ1) is 9.43. The third-order valence-electron chi connectivity index (χ3n) is 1.27. The second-order valence-electron chi connectivity index (χ2n) is 2.10. The molecule has 0 bridgehead atoms. The number of hydrogen-bond donors (Lipinski definition) is 0. The van der Waals surface area contributed by atoms with Crippen molar-refractivity contribution < 1.29 is 4.21 Å². The van der Waals surface area contributed by atoms with E-state index in [1.54, 1.807) is 12.1 Å². The van der Waals surface area contributed by atoms with Crippen molar-refractivity contribution in [3.63, 3.8) is 0 Å². The summed E-state index contributed by atoms with van der Waals surface area (Å²) in [5, 5.41) is 8.30. The number of halogens is 1. The zero-order chi connectivity index (χ0) is 8.97. The van der Waals surface area contributed by atoms with Crippen molar-refractivity contribution in [2.24, 2.45) is 0 Å². The lowest BCUT2D eigenvalue weighted by molar-refractivity contribution is 0.685. The Balaban J connectivity index is 2.84. The summed E-state index contributed by atoms with van der Waals surface area (Å²) >= 11 is 3.27. The van der Waals surface area contributed by atoms with Gasteiger partial charge in [0.1, 0.15) is 5.75 Å². The molecule has 1 aromatic rings. The highest BCUT2D eigenvalue weighted by Crippen LogP contribution is 2.13. The molecule has 2 nitrogen and oxygen atoms in total. The molecule has 1 aromatic carbocycles. The molecule has 0 N–H and O–H groups in total. The van der Waals surface area contributed by atoms with Crippen LogP contribution in [0.15, 0.2) is 33.6 Å². The van der Waals surface area contributed by atoms with E-state index in [1.165, 1.54) is 0 Å². The summed E-state index contributed by atoms with van der Waals surface area (Å²) in [6.45, 7) is 0. The van der Waals surface area contributed by atoms with Crippen LogP contribution in [0.2, 0.25) is 0 Å². The molecule has 0 aliphatic carbocycles. The molecule has 1 unspecified atom stereocenters. The maximum Gasteiger partial charge on any atom is 0.115 e. The molecule has 12 heavy (non-hydrogen) atoms. The van der Waals surface area contributed by atoms with Crippen molar-refractivity contribution >= 4 is 26.7 Å². The van der Waals surface area contributed by atoms with Crippen LogP contribution in [-0.4, -0.2) is 9.96 Å². The first-order valence-electron chi connectivity index (χ1n) is 3.25. The van der Waals surface area contributed by atoms with E-state index in [-0.39, 0.29) is 5.75 Å². The van der Waals surface area contributed by atoms with Gasteiger partial charge in [-0.3, -0.25) is 4.21 Å². The van der Waals surface area contributed by atoms with Gasteiger partial charge in [-0.05, 0) is 24.3 Å². The van der Waals surface area contributed by atoms with Gasteiger partial charge in [-0.15, -0.1) is 0 Å². The number of nitriles is 1. The predicted molar refractivity (Wildman–Crippen MR) is 51.0 cm³/mol. The minimum Gasteiger partial charge on any atom is -0.253 e. The lowest BCUT2D eigenvalue weighted by Gasteiger charge is -1.96. The normalized spacial score (nSPS) is 12.0. The molecule has 0 fully saturated rings. The molecule has 0 amide bonds. The monoisotopic (exact) mass is 243 g/mol. The average molecular weight is 244 g/mol. The van der Waals surface area contributed by atoms with E-state index >= 15 is 0 Å². The first-order chi connectivity index (χ1) is 5.74. The molecular weight excluding hydrogens is 238 g/mol. The molecule has 0 spiro atoms. The van der Waals surface area contributed by atoms with Gasteiger partial charge in [0, 0.05) is 9.37 Å². The van der Waals surface area contributed by atoms with Crippen LogP contribution >= 0.6 is 15.9 Å². The number of nitrogens with zero attached hydrogens (tertiary/aromatic N) is 1. The van der Waals surface area contributed by atoms with Gasteiger partial charge < -0.3 is 0 Å². The minimum absolute atomic E-state index is 0.0572. The van der Waals surface area contributed by atoms with Crippen molar-refractivity contribution in [2.45, 2.75) is 4.90 Å². The molecule has 0 aliphatic heterocycles. The van der Waals surface area contributed by atoms with Gasteiger partial charge >= 0.3 is 0 Å². The third-order valence-corrected chi connectivity index (χ3v) is 2.99. The van der Waals surface area contributed by atoms with E-state index < -0.39 is 10.8 Å². The van der Waals surface area contributed by atoms with Crippen molar-refractivity contribution in [1.82, 2.24) is 0 Å². The molecule has 1 atom stereocenters. The molecule has 1 rings (SSSR count). The van der Waals surface area contributed by atoms with Gasteiger partial charge in [0.2, 0.25) is 0 Å². The predicted octanol–water partition coefficient (Wildman–Crippen LogP) is 2.08. The van der Waals surface area contributed by atoms with Gasteiger partial charge in [-0.1, -0.05) is 15.9 Å². The van der Waals surface area contributed by atoms with E-state index in [0.29, 0.717) is 4.90 Å². The largest absolute Gasteiger partial charge is 0.253 e. The summed E-state index contributed by atoms with van der Waals surface area (Å²) in [5.41, 5.74) is 0. The second-order valence-corrected chi connectivity index (χ2v) is 4.47. The van der Waals surface area contributed by atoms with Crippen molar-refractivity contribution in [3.8, 4) is 6.07 Å². The number of rotatable bonds is 2. The van der Waals surface area contributed by atoms with E-state index in [0.717, 1.165) is 4.47 Å². The summed E-state index contributed by atoms with van der Waals surface area (Å²) in [7, 11) is -1.17. The van der Waals surface area contributed by atoms with Crippen LogP contribution in [-0.2, 0) is 10.8 Å². The molecule has 0 aliphatic rings. The van der Waals surface area contributed by atoms with Gasteiger partial charge in [0.15, 0.2) is 0 Å². The van der Waals surface area contributed by atoms with Crippen LogP contribution in [0.3, 0.4) is 0 Å². The highest BCUT2D eigenvalue weighted by Gasteiger charge is 2.01. The Kier molecular flexibility index (Phi) is 3.45. The highest BCUT2D eigenvalue weighted by molar-refractivity contribution is 9.10. The summed E-state index contributed by atoms with van der Waals surface area (Å²) in [5.74, 6) is 0.0572. The molecule has 0 aromatic heterocycles. The molecule has 62 valence electrons. The van der Waals surface area contributed by atoms with E-state index in [4.69, 9.17) is 5.26 Å². The fourth-order valence-electron chi connectivity index (χ4n) is 0.728. The second kappa shape index (κ2) is 4.39. The van der Waals surface area contributed by atoms with Crippen LogP contribution in [0, 0.1) is 11.3 Å². The lowest BCUT2D eigenvalue weighted by atomic mass is 10.4. The minimum atomic E-state index is -1.17. The zero-order valence-electron chi connectivity index (χ0n) is 6.16. The van der Waals surface area contributed by atoms with Gasteiger partial charge in [-0.2, -0.15) is 5.26 Å². The Labute approximate surface area is 81.8 Å². The Morgan fingerprint density at radius 3 is 2.50 bits per heavy atom. The molecule has 0 radical (unpaired) electrons. The van der Waals surface area contributed by atoms with E-state index in [9.17, 15) is 4.21 Å². The topological polar surface area (TPSA) is 40.9 Å². The Bertz CT molecular complexity index is 328. The SMILES string of the molecule is N#CCS(=O)c1ccc(Br)cc1. The average Bonchev–Trinajstić information content (AvgIpc) is 2.06. The maximum atomic E-state index is 11.2. The molecule has 0 saturated heterocycles. The van der Waals surface area contributed by atoms with Crippen LogP contribution in [0.25, 0.3) is 0 Å². The standard InChI is InChI=1S/C8H6BrNOS/c9-7-1-3-8(4-2-7)12(11)6-5-10/h1-4H,6H2. The van der Waals surface area contributed by atoms with Crippen LogP contribution < -0.4 is 0 Å². The summed E-state index contributed by atoms with van der Waals surface area (Å²) in [6, 6.07) is 8.98. The Morgan fingerprint density at radius 1 is 1.42 bits per heavy atom. The summed E-state index contributed by atoms with van der Waals surface area (Å²) in [6.07, 6.45) is 0. The van der Waals surface area contributed by atoms with E-state index in [1.807, 2.05) is 18.2 Å². The van der Waals surface area contributed by atoms with Gasteiger partial charge in [-0.25, -0.2) is 0 Å². The quantitative estimate of drug-likeness (QED) is 0.799. The Hall–Kier alpha value is -0.660. The highest BCUT2D eigenvalue weighted by atomic mass is 79.9. The fourth-order valence-corrected chi connectivity index (χ4v) is 1.72. The smallest absolute Gasteiger partial charge is 0.115 e. The molecular formula is C8H6BrNOS. The number of hydrogen-bond acceptors (Lipinski definition) is 2. The molecule has 0 saturated carbocycles. The van der Waals surface area contributed by atoms with Gasteiger partial charge in [0.05, 0.1) is 16.9 Å². The third kappa shape index (κ3) is 2.43. The lowest BCUT2D eigenvalue weighted by Crippen LogP contribution is -1.94. The molecule has 4 heteroatoms. The summed E-state index contributed by atoms with van der Waals surface area (Å²) < 4.78 is 12.2. The van der Waals surface area contributed by atoms with Gasteiger partial charge in [0.25, 0.3) is 0 Å². The van der Waals surface area contributed by atoms with E-state index in [2.05, 4.69) is 15.9 Å². The van der Waals surface area contributed by atoms with Crippen molar-refractivity contribution in [3.05, 3.63) is 28.7 Å². The number of benzene rings is 1. The van der Waals surface area contributed by atoms with Crippen LogP contribution in [0.5, 0.6) is 0 Å². The maximum absolute atomic E-state index is 11.2. The van der Waals surface area contributed by atoms with Crippen molar-refractivity contribution in [1.29, 1.82) is 5.26 Å². The fraction of sp³-hybridized carbons (Fsp3) is 0.125. The van der Waals surface area contributed by atoms with Crippen molar-refractivity contribution in [2.75, 3.05) is 5.75 Å². The Morgan fingerprint density at radius 2 is 2.00 bits per heavy atom. The van der Waals surface area contributed by atoms with Crippen LogP contribution in [0.1, 0.15) is 0 Å². The zero-order valence-corrected chi connectivity index (χ0v) is 8.56. The first-order valence-corrected chi connectivity index (χ1v) is 5.36. The summed E-state index contributed by atoms with van der Waals surface area (Å²) in [4.78, 5) is 0.694.